The number of aromatic nitrogens is 4. The van der Waals surface area contributed by atoms with Gasteiger partial charge in [0.2, 0.25) is 23.6 Å². The highest BCUT2D eigenvalue weighted by atomic mass is 79.9. The van der Waals surface area contributed by atoms with Crippen LogP contribution in [0.25, 0.3) is 6.08 Å². The van der Waals surface area contributed by atoms with Gasteiger partial charge in [-0.3, -0.25) is 19.2 Å². The smallest absolute Gasteiger partial charge is 0.410 e. The van der Waals surface area contributed by atoms with Crippen molar-refractivity contribution in [2.75, 3.05) is 63.0 Å². The van der Waals surface area contributed by atoms with E-state index < -0.39 is 22.0 Å². The highest BCUT2D eigenvalue weighted by molar-refractivity contribution is 9.10. The first-order chi connectivity index (χ1) is 37.6. The third-order valence-corrected chi connectivity index (χ3v) is 16.7. The van der Waals surface area contributed by atoms with E-state index in [0.717, 1.165) is 63.4 Å². The molecule has 2 fully saturated rings. The molecule has 0 bridgehead atoms. The van der Waals surface area contributed by atoms with Crippen LogP contribution >= 0.6 is 38.6 Å². The molecule has 0 saturated carbocycles. The Balaban J connectivity index is 0.000000174. The molecular formula is C58H71BrN10O8S2. The van der Waals surface area contributed by atoms with Gasteiger partial charge in [0.25, 0.3) is 0 Å². The first-order valence-corrected chi connectivity index (χ1v) is 29.4. The number of rotatable bonds is 7. The van der Waals surface area contributed by atoms with Crippen molar-refractivity contribution in [3.8, 4) is 0 Å². The minimum Gasteiger partial charge on any atom is -0.444 e. The van der Waals surface area contributed by atoms with Gasteiger partial charge < -0.3 is 39.7 Å². The number of halogens is 1. The van der Waals surface area contributed by atoms with Gasteiger partial charge in [-0.1, -0.05) is 29.9 Å². The topological polar surface area (TPSA) is 209 Å². The number of amides is 6. The van der Waals surface area contributed by atoms with Crippen molar-refractivity contribution < 1.29 is 38.2 Å². The van der Waals surface area contributed by atoms with Gasteiger partial charge in [-0.05, 0) is 150 Å². The number of nitrogens with zero attached hydrogens (tertiary/aromatic N) is 8. The van der Waals surface area contributed by atoms with Crippen molar-refractivity contribution in [3.63, 3.8) is 0 Å². The summed E-state index contributed by atoms with van der Waals surface area (Å²) < 4.78 is 11.8. The maximum atomic E-state index is 13.1. The molecule has 10 heterocycles. The monoisotopic (exact) mass is 1180 g/mol. The third-order valence-electron chi connectivity index (χ3n) is 14.7. The van der Waals surface area contributed by atoms with E-state index in [4.69, 9.17) is 9.47 Å². The lowest BCUT2D eigenvalue weighted by molar-refractivity contribution is -0.129. The molecule has 4 aromatic rings. The predicted molar refractivity (Wildman–Crippen MR) is 309 cm³/mol. The summed E-state index contributed by atoms with van der Waals surface area (Å²) in [7, 11) is 0. The molecule has 21 heteroatoms. The fourth-order valence-electron chi connectivity index (χ4n) is 10.3. The quantitative estimate of drug-likeness (QED) is 0.131. The van der Waals surface area contributed by atoms with Crippen LogP contribution < -0.4 is 10.6 Å². The number of carbonyl (C=O) groups is 6. The second-order valence-corrected chi connectivity index (χ2v) is 25.6. The molecule has 18 nitrogen and oxygen atoms in total. The van der Waals surface area contributed by atoms with Crippen LogP contribution in [0.3, 0.4) is 0 Å². The van der Waals surface area contributed by atoms with E-state index in [1.54, 1.807) is 61.9 Å². The van der Waals surface area contributed by atoms with Gasteiger partial charge in [0.1, 0.15) is 22.8 Å². The fourth-order valence-corrected chi connectivity index (χ4v) is 12.0. The molecule has 6 aliphatic rings. The summed E-state index contributed by atoms with van der Waals surface area (Å²) in [6, 6.07) is 4.00. The summed E-state index contributed by atoms with van der Waals surface area (Å²) in [6.45, 7) is 19.4. The minimum atomic E-state index is -0.582. The number of nitrogens with one attached hydrogen (secondary N) is 2. The summed E-state index contributed by atoms with van der Waals surface area (Å²) >= 11 is 6.77. The van der Waals surface area contributed by atoms with Crippen molar-refractivity contribution in [2.45, 2.75) is 117 Å². The van der Waals surface area contributed by atoms with E-state index in [0.29, 0.717) is 96.0 Å². The van der Waals surface area contributed by atoms with Crippen LogP contribution in [-0.2, 0) is 54.3 Å². The van der Waals surface area contributed by atoms with Crippen molar-refractivity contribution in [1.82, 2.24) is 39.5 Å². The molecule has 4 aromatic heterocycles. The Morgan fingerprint density at radius 2 is 1.11 bits per heavy atom. The lowest BCUT2D eigenvalue weighted by atomic mass is 9.71. The van der Waals surface area contributed by atoms with Crippen LogP contribution in [0.5, 0.6) is 0 Å². The molecule has 2 N–H and O–H groups in total. The summed E-state index contributed by atoms with van der Waals surface area (Å²) in [5.74, 6) is 1.16. The number of pyridine rings is 2. The van der Waals surface area contributed by atoms with E-state index in [-0.39, 0.29) is 35.8 Å². The number of fused-ring (bicyclic) bond motifs is 2. The van der Waals surface area contributed by atoms with E-state index in [1.165, 1.54) is 17.2 Å². The van der Waals surface area contributed by atoms with E-state index >= 15 is 0 Å². The SMILES string of the molecule is C=CC(=O)N1CC=C(Cc2nccs2)CC1.CC(C)(C)OC(=O)N1CCC2(CC1)Cc1cc(/C=C/C(=O)N3CC=C(Cc4nccs4)CC3)cnc1NC2=O.CC(C)(C)OC(=O)N1CCC2(CC1)Cc1cc(Br)cnc1NC2=O. The van der Waals surface area contributed by atoms with Gasteiger partial charge in [0.15, 0.2) is 0 Å². The summed E-state index contributed by atoms with van der Waals surface area (Å²) in [5, 5.41) is 12.1. The molecule has 0 unspecified atom stereocenters. The molecule has 6 amide bonds. The summed E-state index contributed by atoms with van der Waals surface area (Å²) in [5.41, 5.74) is 3.39. The molecule has 420 valence electrons. The molecular weight excluding hydrogens is 1110 g/mol. The maximum Gasteiger partial charge on any atom is 0.410 e. The second kappa shape index (κ2) is 25.3. The Hall–Kier alpha value is -6.58. The molecule has 0 atom stereocenters. The lowest BCUT2D eigenvalue weighted by Gasteiger charge is -2.43. The third kappa shape index (κ3) is 15.6. The van der Waals surface area contributed by atoms with Gasteiger partial charge in [0, 0.05) is 111 Å². The van der Waals surface area contributed by atoms with Crippen molar-refractivity contribution in [2.24, 2.45) is 10.8 Å². The average Bonchev–Trinajstić information content (AvgIpc) is 4.19. The zero-order valence-electron chi connectivity index (χ0n) is 46.0. The maximum absolute atomic E-state index is 13.1. The van der Waals surface area contributed by atoms with Crippen molar-refractivity contribution >= 4 is 92.1 Å². The zero-order valence-corrected chi connectivity index (χ0v) is 49.2. The Bertz CT molecular complexity index is 2980. The van der Waals surface area contributed by atoms with Crippen molar-refractivity contribution in [3.05, 3.63) is 121 Å². The first kappa shape index (κ1) is 58.6. The number of thiazole rings is 2. The largest absolute Gasteiger partial charge is 0.444 e. The van der Waals surface area contributed by atoms with Crippen LogP contribution in [0.2, 0.25) is 0 Å². The molecule has 6 aliphatic heterocycles. The zero-order chi connectivity index (χ0) is 56.5. The summed E-state index contributed by atoms with van der Waals surface area (Å²) in [4.78, 5) is 98.9. The van der Waals surface area contributed by atoms with Gasteiger partial charge in [-0.2, -0.15) is 0 Å². The standard InChI is InChI=1S/C29H35N5O4S.C17H22BrN3O3.C12H14N2OS/c1-28(2,3)38-27(37)34-13-8-29(9-14-34)18-22-16-21(19-31-25(22)32-26(29)36)4-5-24(35)33-11-6-20(7-12-33)17-23-30-10-15-39-23;1-16(2,3)24-15(23)21-6-4-17(5-7-21)9-11-8-12(18)10-19-13(11)20-14(17)22;1-2-12(15)14-6-3-10(4-7-14)9-11-13-5-8-16-11/h4-6,10,15-16,19H,7-9,11-14,17-18H2,1-3H3,(H,31,32,36);8,10H,4-7,9H2,1-3H3,(H,19,20,22);2-3,5,8H,1,4,6-7,9H2/b5-4+;;. The Kier molecular flexibility index (Phi) is 18.7. The minimum absolute atomic E-state index is 0.00802. The molecule has 2 saturated heterocycles. The van der Waals surface area contributed by atoms with Gasteiger partial charge >= 0.3 is 12.2 Å². The molecule has 0 aliphatic carbocycles. The molecule has 2 spiro atoms. The van der Waals surface area contributed by atoms with Crippen LogP contribution in [0.15, 0.2) is 94.2 Å². The first-order valence-electron chi connectivity index (χ1n) is 26.8. The Labute approximate surface area is 479 Å². The molecule has 79 heavy (non-hydrogen) atoms. The lowest BCUT2D eigenvalue weighted by Crippen LogP contribution is -2.51. The van der Waals surface area contributed by atoms with Crippen LogP contribution in [0.4, 0.5) is 21.2 Å². The Morgan fingerprint density at radius 1 is 0.658 bits per heavy atom. The number of anilines is 2. The Morgan fingerprint density at radius 3 is 1.53 bits per heavy atom. The number of piperidine rings is 2. The second-order valence-electron chi connectivity index (χ2n) is 22.7. The molecule has 10 rings (SSSR count). The average molecular weight is 1180 g/mol. The van der Waals surface area contributed by atoms with Crippen LogP contribution in [-0.4, -0.2) is 139 Å². The summed E-state index contributed by atoms with van der Waals surface area (Å²) in [6.07, 6.45) is 22.5. The van der Waals surface area contributed by atoms with Gasteiger partial charge in [0.05, 0.1) is 20.8 Å². The van der Waals surface area contributed by atoms with Gasteiger partial charge in [-0.25, -0.2) is 29.5 Å². The number of hydrogen-bond donors (Lipinski definition) is 2. The number of ether oxygens (including phenoxy) is 2. The highest BCUT2D eigenvalue weighted by Gasteiger charge is 2.47. The molecule has 0 aromatic carbocycles. The van der Waals surface area contributed by atoms with E-state index in [1.807, 2.05) is 81.7 Å². The number of carbonyl (C=O) groups excluding carboxylic acids is 6. The highest BCUT2D eigenvalue weighted by Crippen LogP contribution is 2.43. The fraction of sp³-hybridized carbons (Fsp3) is 0.483. The van der Waals surface area contributed by atoms with Gasteiger partial charge in [-0.15, -0.1) is 22.7 Å². The van der Waals surface area contributed by atoms with E-state index in [2.05, 4.69) is 65.2 Å². The normalized spacial score (nSPS) is 18.6. The van der Waals surface area contributed by atoms with Crippen LogP contribution in [0.1, 0.15) is 107 Å². The van der Waals surface area contributed by atoms with E-state index in [9.17, 15) is 28.8 Å². The van der Waals surface area contributed by atoms with Crippen molar-refractivity contribution in [1.29, 1.82) is 0 Å². The number of hydrogen-bond acceptors (Lipinski definition) is 14. The number of likely N-dealkylation sites (tertiary alicyclic amines) is 2. The van der Waals surface area contributed by atoms with Crippen LogP contribution in [0, 0.1) is 10.8 Å². The predicted octanol–water partition coefficient (Wildman–Crippen LogP) is 9.85. The molecule has 0 radical (unpaired) electrons.